The van der Waals surface area contributed by atoms with Gasteiger partial charge in [0, 0.05) is 45.2 Å². The van der Waals surface area contributed by atoms with E-state index in [-0.39, 0.29) is 24.2 Å². The van der Waals surface area contributed by atoms with Crippen molar-refractivity contribution in [2.45, 2.75) is 25.9 Å². The summed E-state index contributed by atoms with van der Waals surface area (Å²) >= 11 is 0. The van der Waals surface area contributed by atoms with E-state index < -0.39 is 0 Å². The number of hydrogen-bond acceptors (Lipinski definition) is 3. The molecule has 2 atom stereocenters. The average Bonchev–Trinajstić information content (AvgIpc) is 2.95. The Morgan fingerprint density at radius 2 is 2.09 bits per heavy atom. The summed E-state index contributed by atoms with van der Waals surface area (Å²) in [6.45, 7) is 5.75. The molecule has 1 aromatic rings. The molecule has 1 aliphatic heterocycles. The molecule has 1 aliphatic rings. The highest BCUT2D eigenvalue weighted by Crippen LogP contribution is 2.18. The first-order valence-corrected chi connectivity index (χ1v) is 7.79. The van der Waals surface area contributed by atoms with Crippen molar-refractivity contribution in [1.29, 1.82) is 0 Å². The second-order valence-electron chi connectivity index (χ2n) is 6.07. The monoisotopic (exact) mass is 325 g/mol. The van der Waals surface area contributed by atoms with Gasteiger partial charge in [-0.25, -0.2) is 0 Å². The van der Waals surface area contributed by atoms with Crippen molar-refractivity contribution in [3.05, 3.63) is 35.9 Å². The molecule has 124 valence electrons. The Balaban J connectivity index is 0.00000242. The Kier molecular flexibility index (Phi) is 7.87. The third-order valence-corrected chi connectivity index (χ3v) is 4.32. The van der Waals surface area contributed by atoms with Gasteiger partial charge in [0.05, 0.1) is 0 Å². The van der Waals surface area contributed by atoms with Crippen LogP contribution in [0.15, 0.2) is 30.3 Å². The zero-order valence-corrected chi connectivity index (χ0v) is 14.6. The van der Waals surface area contributed by atoms with Crippen molar-refractivity contribution in [3.63, 3.8) is 0 Å². The number of rotatable bonds is 6. The fourth-order valence-corrected chi connectivity index (χ4v) is 3.03. The van der Waals surface area contributed by atoms with Gasteiger partial charge in [-0.15, -0.1) is 12.4 Å². The maximum atomic E-state index is 12.4. The SMILES string of the molecule is CNCC(C)C(=O)N(C)C1CCN(Cc2ccccc2)C1.Cl. The highest BCUT2D eigenvalue weighted by Gasteiger charge is 2.29. The molecule has 5 heteroatoms. The van der Waals surface area contributed by atoms with E-state index in [1.54, 1.807) is 0 Å². The summed E-state index contributed by atoms with van der Waals surface area (Å²) in [4.78, 5) is 16.7. The van der Waals surface area contributed by atoms with Gasteiger partial charge >= 0.3 is 0 Å². The van der Waals surface area contributed by atoms with Crippen molar-refractivity contribution in [2.24, 2.45) is 5.92 Å². The van der Waals surface area contributed by atoms with E-state index in [2.05, 4.69) is 34.5 Å². The third kappa shape index (κ3) is 4.97. The normalized spacial score (nSPS) is 19.5. The Hall–Kier alpha value is -1.10. The molecule has 1 saturated heterocycles. The van der Waals surface area contributed by atoms with Crippen LogP contribution in [0.4, 0.5) is 0 Å². The number of carbonyl (C=O) groups excluding carboxylic acids is 1. The molecule has 4 nitrogen and oxygen atoms in total. The summed E-state index contributed by atoms with van der Waals surface area (Å²) in [6.07, 6.45) is 1.07. The number of nitrogens with zero attached hydrogens (tertiary/aromatic N) is 2. The lowest BCUT2D eigenvalue weighted by atomic mass is 10.1. The van der Waals surface area contributed by atoms with Crippen molar-refractivity contribution in [3.8, 4) is 0 Å². The number of likely N-dealkylation sites (N-methyl/N-ethyl adjacent to an activating group) is 1. The summed E-state index contributed by atoms with van der Waals surface area (Å²) in [6, 6.07) is 10.9. The minimum Gasteiger partial charge on any atom is -0.341 e. The largest absolute Gasteiger partial charge is 0.341 e. The summed E-state index contributed by atoms with van der Waals surface area (Å²) in [5, 5.41) is 3.08. The fraction of sp³-hybridized carbons (Fsp3) is 0.588. The van der Waals surface area contributed by atoms with Gasteiger partial charge < -0.3 is 10.2 Å². The predicted octanol–water partition coefficient (Wildman–Crippen LogP) is 2.00. The van der Waals surface area contributed by atoms with Crippen LogP contribution in [0.1, 0.15) is 18.9 Å². The number of nitrogens with one attached hydrogen (secondary N) is 1. The zero-order chi connectivity index (χ0) is 15.2. The van der Waals surface area contributed by atoms with Gasteiger partial charge in [0.1, 0.15) is 0 Å². The van der Waals surface area contributed by atoms with E-state index in [0.717, 1.165) is 32.6 Å². The van der Waals surface area contributed by atoms with Crippen LogP contribution in [0.2, 0.25) is 0 Å². The first kappa shape index (κ1) is 18.9. The van der Waals surface area contributed by atoms with Crippen LogP contribution in [0, 0.1) is 5.92 Å². The molecule has 2 unspecified atom stereocenters. The van der Waals surface area contributed by atoms with Crippen molar-refractivity contribution in [2.75, 3.05) is 33.7 Å². The van der Waals surface area contributed by atoms with Crippen LogP contribution in [0.25, 0.3) is 0 Å². The Labute approximate surface area is 140 Å². The number of hydrogen-bond donors (Lipinski definition) is 1. The van der Waals surface area contributed by atoms with Crippen LogP contribution in [-0.4, -0.2) is 55.5 Å². The first-order chi connectivity index (χ1) is 10.1. The van der Waals surface area contributed by atoms with Gasteiger partial charge in [0.2, 0.25) is 5.91 Å². The first-order valence-electron chi connectivity index (χ1n) is 7.79. The molecule has 0 saturated carbocycles. The molecule has 0 bridgehead atoms. The standard InChI is InChI=1S/C17H27N3O.ClH/c1-14(11-18-2)17(21)19(3)16-9-10-20(13-16)12-15-7-5-4-6-8-15;/h4-8,14,16,18H,9-13H2,1-3H3;1H. The summed E-state index contributed by atoms with van der Waals surface area (Å²) < 4.78 is 0. The topological polar surface area (TPSA) is 35.6 Å². The summed E-state index contributed by atoms with van der Waals surface area (Å²) in [7, 11) is 3.84. The molecular weight excluding hydrogens is 298 g/mol. The predicted molar refractivity (Wildman–Crippen MR) is 93.2 cm³/mol. The third-order valence-electron chi connectivity index (χ3n) is 4.32. The molecule has 1 fully saturated rings. The minimum atomic E-state index is 0. The second-order valence-corrected chi connectivity index (χ2v) is 6.07. The molecular formula is C17H28ClN3O. The second kappa shape index (κ2) is 9.13. The fourth-order valence-electron chi connectivity index (χ4n) is 3.03. The molecule has 2 rings (SSSR count). The smallest absolute Gasteiger partial charge is 0.226 e. The maximum Gasteiger partial charge on any atom is 0.226 e. The van der Waals surface area contributed by atoms with Gasteiger partial charge in [-0.1, -0.05) is 37.3 Å². The van der Waals surface area contributed by atoms with Crippen molar-refractivity contribution in [1.82, 2.24) is 15.1 Å². The van der Waals surface area contributed by atoms with Crippen LogP contribution < -0.4 is 5.32 Å². The maximum absolute atomic E-state index is 12.4. The van der Waals surface area contributed by atoms with Crippen molar-refractivity contribution >= 4 is 18.3 Å². The van der Waals surface area contributed by atoms with Gasteiger partial charge in [-0.05, 0) is 19.0 Å². The molecule has 0 spiro atoms. The zero-order valence-electron chi connectivity index (χ0n) is 13.8. The van der Waals surface area contributed by atoms with Crippen LogP contribution >= 0.6 is 12.4 Å². The Morgan fingerprint density at radius 3 is 2.73 bits per heavy atom. The van der Waals surface area contributed by atoms with E-state index in [9.17, 15) is 4.79 Å². The van der Waals surface area contributed by atoms with Gasteiger partial charge in [0.25, 0.3) is 0 Å². The van der Waals surface area contributed by atoms with Gasteiger partial charge in [-0.3, -0.25) is 9.69 Å². The van der Waals surface area contributed by atoms with Crippen LogP contribution in [-0.2, 0) is 11.3 Å². The van der Waals surface area contributed by atoms with Crippen molar-refractivity contribution < 1.29 is 4.79 Å². The molecule has 0 aromatic heterocycles. The quantitative estimate of drug-likeness (QED) is 0.869. The molecule has 0 radical (unpaired) electrons. The molecule has 1 amide bonds. The number of carbonyl (C=O) groups is 1. The lowest BCUT2D eigenvalue weighted by Crippen LogP contribution is -2.43. The molecule has 1 heterocycles. The Bertz CT molecular complexity index is 454. The number of amides is 1. The molecule has 22 heavy (non-hydrogen) atoms. The van der Waals surface area contributed by atoms with Gasteiger partial charge in [-0.2, -0.15) is 0 Å². The van der Waals surface area contributed by atoms with E-state index in [4.69, 9.17) is 0 Å². The lowest BCUT2D eigenvalue weighted by molar-refractivity contribution is -0.135. The van der Waals surface area contributed by atoms with E-state index in [1.165, 1.54) is 5.56 Å². The number of likely N-dealkylation sites (tertiary alicyclic amines) is 1. The average molecular weight is 326 g/mol. The minimum absolute atomic E-state index is 0. The molecule has 0 aliphatic carbocycles. The summed E-state index contributed by atoms with van der Waals surface area (Å²) in [5.41, 5.74) is 1.34. The van der Waals surface area contributed by atoms with Gasteiger partial charge in [0.15, 0.2) is 0 Å². The number of benzene rings is 1. The lowest BCUT2D eigenvalue weighted by Gasteiger charge is -2.27. The molecule has 1 aromatic carbocycles. The highest BCUT2D eigenvalue weighted by atomic mass is 35.5. The van der Waals surface area contributed by atoms with Crippen LogP contribution in [0.5, 0.6) is 0 Å². The highest BCUT2D eigenvalue weighted by molar-refractivity contribution is 5.85. The van der Waals surface area contributed by atoms with Crippen LogP contribution in [0.3, 0.4) is 0 Å². The molecule has 1 N–H and O–H groups in total. The number of halogens is 1. The van der Waals surface area contributed by atoms with E-state index in [0.29, 0.717) is 6.04 Å². The van der Waals surface area contributed by atoms with E-state index >= 15 is 0 Å². The van der Waals surface area contributed by atoms with E-state index in [1.807, 2.05) is 32.0 Å². The summed E-state index contributed by atoms with van der Waals surface area (Å²) in [5.74, 6) is 0.291. The Morgan fingerprint density at radius 1 is 1.41 bits per heavy atom.